The molecule has 0 aliphatic carbocycles. The second kappa shape index (κ2) is 5.03. The lowest BCUT2D eigenvalue weighted by Gasteiger charge is -2.31. The number of fused-ring (bicyclic) bond motifs is 2. The first-order valence-corrected chi connectivity index (χ1v) is 7.95. The molecule has 2 fully saturated rings. The normalized spacial score (nSPS) is 35.4. The zero-order chi connectivity index (χ0) is 17.1. The van der Waals surface area contributed by atoms with Crippen molar-refractivity contribution in [1.82, 2.24) is 4.57 Å². The zero-order valence-electron chi connectivity index (χ0n) is 13.2. The Balaban J connectivity index is 1.79. The minimum atomic E-state index is -2.27. The smallest absolute Gasteiger partial charge is 0.344 e. The van der Waals surface area contributed by atoms with E-state index in [2.05, 4.69) is 0 Å². The highest BCUT2D eigenvalue weighted by Crippen LogP contribution is 2.45. The number of nitrogens with zero attached hydrogens (tertiary/aromatic N) is 1. The number of aryl methyl sites for hydroxylation is 1. The molecule has 0 bridgehead atoms. The molecule has 0 radical (unpaired) electrons. The molecule has 2 aliphatic heterocycles. The topological polar surface area (TPSA) is 101 Å². The molecule has 3 heterocycles. The summed E-state index contributed by atoms with van der Waals surface area (Å²) in [4.78, 5) is 12.2. The minimum absolute atomic E-state index is 0.168. The average molecular weight is 333 g/mol. The summed E-state index contributed by atoms with van der Waals surface area (Å²) in [5.74, 6) is -3.24. The van der Waals surface area contributed by atoms with Gasteiger partial charge in [-0.05, 0) is 18.6 Å². The van der Waals surface area contributed by atoms with Gasteiger partial charge in [0, 0.05) is 30.1 Å². The van der Waals surface area contributed by atoms with E-state index in [1.54, 1.807) is 0 Å². The number of aromatic nitrogens is 1. The van der Waals surface area contributed by atoms with Gasteiger partial charge in [0.15, 0.2) is 6.10 Å². The van der Waals surface area contributed by atoms with Crippen molar-refractivity contribution < 1.29 is 29.6 Å². The van der Waals surface area contributed by atoms with Crippen LogP contribution < -0.4 is 0 Å². The maximum atomic E-state index is 12.2. The fourth-order valence-corrected chi connectivity index (χ4v) is 3.71. The van der Waals surface area contributed by atoms with Crippen molar-refractivity contribution in [2.75, 3.05) is 6.61 Å². The summed E-state index contributed by atoms with van der Waals surface area (Å²) >= 11 is 0. The first-order chi connectivity index (χ1) is 11.4. The first-order valence-electron chi connectivity index (χ1n) is 7.95. The molecule has 0 saturated carbocycles. The third kappa shape index (κ3) is 1.83. The molecule has 4 atom stereocenters. The van der Waals surface area contributed by atoms with Crippen molar-refractivity contribution in [2.24, 2.45) is 0 Å². The number of carbonyl (C=O) groups excluding carboxylic acids is 1. The van der Waals surface area contributed by atoms with Crippen LogP contribution in [-0.2, 0) is 27.2 Å². The number of esters is 1. The SMILES string of the molecule is CCn1cc(C[C@@]2(O)C(=O)O[C@@H]3[C@@H](O)CO[C@@]32O)c2ccccc21. The van der Waals surface area contributed by atoms with Crippen LogP contribution in [0.15, 0.2) is 30.5 Å². The van der Waals surface area contributed by atoms with Crippen LogP contribution in [0.1, 0.15) is 12.5 Å². The van der Waals surface area contributed by atoms with Crippen LogP contribution in [0, 0.1) is 0 Å². The van der Waals surface area contributed by atoms with Crippen molar-refractivity contribution in [3.8, 4) is 0 Å². The number of hydrogen-bond acceptors (Lipinski definition) is 6. The van der Waals surface area contributed by atoms with Gasteiger partial charge in [0.05, 0.1) is 6.61 Å². The lowest BCUT2D eigenvalue weighted by Crippen LogP contribution is -2.59. The summed E-state index contributed by atoms with van der Waals surface area (Å²) in [5, 5.41) is 32.3. The number of benzene rings is 1. The number of ether oxygens (including phenoxy) is 2. The van der Waals surface area contributed by atoms with Crippen LogP contribution >= 0.6 is 0 Å². The summed E-state index contributed by atoms with van der Waals surface area (Å²) in [7, 11) is 0. The van der Waals surface area contributed by atoms with E-state index in [1.165, 1.54) is 0 Å². The van der Waals surface area contributed by atoms with E-state index in [4.69, 9.17) is 9.47 Å². The molecule has 1 aromatic heterocycles. The van der Waals surface area contributed by atoms with Gasteiger partial charge in [0.25, 0.3) is 0 Å². The fraction of sp³-hybridized carbons (Fsp3) is 0.471. The average Bonchev–Trinajstić information content (AvgIpc) is 3.14. The van der Waals surface area contributed by atoms with E-state index in [0.29, 0.717) is 5.56 Å². The van der Waals surface area contributed by atoms with E-state index >= 15 is 0 Å². The van der Waals surface area contributed by atoms with Gasteiger partial charge in [-0.2, -0.15) is 0 Å². The van der Waals surface area contributed by atoms with Crippen LogP contribution in [0.2, 0.25) is 0 Å². The summed E-state index contributed by atoms with van der Waals surface area (Å²) in [6, 6.07) is 7.63. The van der Waals surface area contributed by atoms with Crippen molar-refractivity contribution in [1.29, 1.82) is 0 Å². The lowest BCUT2D eigenvalue weighted by atomic mass is 9.85. The van der Waals surface area contributed by atoms with Crippen LogP contribution in [-0.4, -0.2) is 56.1 Å². The van der Waals surface area contributed by atoms with Crippen LogP contribution in [0.3, 0.4) is 0 Å². The maximum Gasteiger partial charge on any atom is 0.344 e. The summed E-state index contributed by atoms with van der Waals surface area (Å²) in [6.07, 6.45) is -0.767. The van der Waals surface area contributed by atoms with Crippen molar-refractivity contribution in [2.45, 2.75) is 43.5 Å². The molecule has 0 amide bonds. The zero-order valence-corrected chi connectivity index (χ0v) is 13.2. The van der Waals surface area contributed by atoms with E-state index in [-0.39, 0.29) is 13.0 Å². The monoisotopic (exact) mass is 333 g/mol. The molecule has 3 N–H and O–H groups in total. The quantitative estimate of drug-likeness (QED) is 0.680. The Hall–Kier alpha value is -1.93. The molecule has 24 heavy (non-hydrogen) atoms. The molecular weight excluding hydrogens is 314 g/mol. The largest absolute Gasteiger partial charge is 0.451 e. The van der Waals surface area contributed by atoms with Gasteiger partial charge in [-0.3, -0.25) is 0 Å². The molecule has 4 rings (SSSR count). The van der Waals surface area contributed by atoms with E-state index < -0.39 is 29.6 Å². The number of aliphatic hydroxyl groups is 3. The van der Waals surface area contributed by atoms with Gasteiger partial charge in [0.1, 0.15) is 6.10 Å². The van der Waals surface area contributed by atoms with Gasteiger partial charge in [-0.1, -0.05) is 18.2 Å². The molecule has 2 aromatic rings. The molecule has 2 aliphatic rings. The Kier molecular flexibility index (Phi) is 3.27. The number of aliphatic hydroxyl groups excluding tert-OH is 1. The Morgan fingerprint density at radius 1 is 1.33 bits per heavy atom. The Bertz CT molecular complexity index is 817. The molecule has 7 nitrogen and oxygen atoms in total. The van der Waals surface area contributed by atoms with E-state index in [0.717, 1.165) is 17.4 Å². The van der Waals surface area contributed by atoms with Gasteiger partial charge < -0.3 is 29.4 Å². The summed E-state index contributed by atoms with van der Waals surface area (Å²) in [6.45, 7) is 2.52. The minimum Gasteiger partial charge on any atom is -0.451 e. The van der Waals surface area contributed by atoms with E-state index in [9.17, 15) is 20.1 Å². The predicted molar refractivity (Wildman–Crippen MR) is 83.1 cm³/mol. The Labute approximate surface area is 138 Å². The Morgan fingerprint density at radius 2 is 2.08 bits per heavy atom. The number of carbonyl (C=O) groups is 1. The second-order valence-electron chi connectivity index (χ2n) is 6.40. The summed E-state index contributed by atoms with van der Waals surface area (Å²) < 4.78 is 12.2. The van der Waals surface area contributed by atoms with Crippen LogP contribution in [0.4, 0.5) is 0 Å². The highest BCUT2D eigenvalue weighted by atomic mass is 16.7. The molecule has 0 unspecified atom stereocenters. The molecule has 0 spiro atoms. The second-order valence-corrected chi connectivity index (χ2v) is 6.40. The van der Waals surface area contributed by atoms with Gasteiger partial charge in [-0.15, -0.1) is 0 Å². The highest BCUT2D eigenvalue weighted by molar-refractivity contribution is 5.88. The van der Waals surface area contributed by atoms with Crippen LogP contribution in [0.5, 0.6) is 0 Å². The molecule has 128 valence electrons. The van der Waals surface area contributed by atoms with Crippen molar-refractivity contribution in [3.63, 3.8) is 0 Å². The first kappa shape index (κ1) is 15.6. The number of hydrogen-bond donors (Lipinski definition) is 3. The third-order valence-electron chi connectivity index (χ3n) is 5.03. The Morgan fingerprint density at radius 3 is 2.83 bits per heavy atom. The van der Waals surface area contributed by atoms with Crippen molar-refractivity contribution in [3.05, 3.63) is 36.0 Å². The predicted octanol–water partition coefficient (Wildman–Crippen LogP) is -0.0601. The van der Waals surface area contributed by atoms with Crippen molar-refractivity contribution >= 4 is 16.9 Å². The van der Waals surface area contributed by atoms with Gasteiger partial charge in [-0.25, -0.2) is 4.79 Å². The number of rotatable bonds is 3. The molecular formula is C17H19NO6. The summed E-state index contributed by atoms with van der Waals surface area (Å²) in [5.41, 5.74) is -0.593. The van der Waals surface area contributed by atoms with Gasteiger partial charge in [0.2, 0.25) is 11.4 Å². The molecule has 1 aromatic carbocycles. The lowest BCUT2D eigenvalue weighted by molar-refractivity contribution is -0.262. The standard InChI is InChI=1S/C17H19NO6/c1-2-18-8-10(11-5-3-4-6-12(11)18)7-16(21)15(20)24-14-13(19)9-23-17(14,16)22/h3-6,8,13-14,19,21-22H,2,7,9H2,1H3/t13-,14+,16+,17-/m0/s1. The van der Waals surface area contributed by atoms with Gasteiger partial charge >= 0.3 is 5.97 Å². The highest BCUT2D eigenvalue weighted by Gasteiger charge is 2.73. The molecule has 2 saturated heterocycles. The maximum absolute atomic E-state index is 12.2. The van der Waals surface area contributed by atoms with Crippen LogP contribution in [0.25, 0.3) is 10.9 Å². The molecule has 7 heteroatoms. The fourth-order valence-electron chi connectivity index (χ4n) is 3.71. The number of para-hydroxylation sites is 1. The third-order valence-corrected chi connectivity index (χ3v) is 5.03. The van der Waals surface area contributed by atoms with E-state index in [1.807, 2.05) is 42.0 Å².